The monoisotopic (exact) mass is 469 g/mol. The van der Waals surface area contributed by atoms with Crippen LogP contribution in [0.4, 0.5) is 11.4 Å². The molecule has 1 N–H and O–H groups in total. The fourth-order valence-electron chi connectivity index (χ4n) is 4.58. The molecule has 2 heterocycles. The predicted molar refractivity (Wildman–Crippen MR) is 135 cm³/mol. The number of carbonyl (C=O) groups excluding carboxylic acids is 2. The van der Waals surface area contributed by atoms with E-state index in [1.54, 1.807) is 18.2 Å². The Morgan fingerprint density at radius 2 is 1.86 bits per heavy atom. The molecule has 0 saturated heterocycles. The van der Waals surface area contributed by atoms with Crippen molar-refractivity contribution in [2.75, 3.05) is 33.1 Å². The van der Waals surface area contributed by atoms with Gasteiger partial charge in [0.05, 0.1) is 30.7 Å². The number of anilines is 1. The molecule has 178 valence electrons. The van der Waals surface area contributed by atoms with Crippen LogP contribution in [0.3, 0.4) is 0 Å². The summed E-state index contributed by atoms with van der Waals surface area (Å²) in [6.45, 7) is 1.49. The van der Waals surface area contributed by atoms with E-state index in [1.165, 1.54) is 12.7 Å². The minimum Gasteiger partial charge on any atom is -0.493 e. The van der Waals surface area contributed by atoms with Crippen molar-refractivity contribution in [1.29, 1.82) is 0 Å². The highest BCUT2D eigenvalue weighted by Crippen LogP contribution is 2.38. The van der Waals surface area contributed by atoms with Gasteiger partial charge >= 0.3 is 5.97 Å². The van der Waals surface area contributed by atoms with Gasteiger partial charge in [-0.25, -0.2) is 4.79 Å². The van der Waals surface area contributed by atoms with Gasteiger partial charge in [0.1, 0.15) is 11.7 Å². The second kappa shape index (κ2) is 9.35. The molecule has 2 aliphatic rings. The van der Waals surface area contributed by atoms with E-state index < -0.39 is 11.9 Å². The van der Waals surface area contributed by atoms with E-state index >= 15 is 0 Å². The molecule has 0 saturated carbocycles. The number of nitrogens with one attached hydrogen (secondary N) is 1. The topological polar surface area (TPSA) is 80.2 Å². The minimum absolute atomic E-state index is 0.189. The van der Waals surface area contributed by atoms with Crippen LogP contribution < -0.4 is 10.1 Å². The van der Waals surface area contributed by atoms with Crippen LogP contribution in [0, 0.1) is 0 Å². The molecule has 3 aromatic rings. The normalized spacial score (nSPS) is 16.5. The molecule has 0 fully saturated rings. The van der Waals surface area contributed by atoms with Gasteiger partial charge in [-0.05, 0) is 61.1 Å². The molecule has 35 heavy (non-hydrogen) atoms. The highest BCUT2D eigenvalue weighted by Gasteiger charge is 2.36. The van der Waals surface area contributed by atoms with Crippen molar-refractivity contribution < 1.29 is 19.1 Å². The highest BCUT2D eigenvalue weighted by atomic mass is 16.5. The largest absolute Gasteiger partial charge is 0.493 e. The zero-order valence-electron chi connectivity index (χ0n) is 20.0. The van der Waals surface area contributed by atoms with Crippen LogP contribution in [-0.4, -0.2) is 50.3 Å². The van der Waals surface area contributed by atoms with Crippen molar-refractivity contribution in [3.8, 4) is 5.75 Å². The maximum Gasteiger partial charge on any atom is 0.337 e. The van der Waals surface area contributed by atoms with E-state index in [-0.39, 0.29) is 5.91 Å². The van der Waals surface area contributed by atoms with Crippen molar-refractivity contribution in [3.63, 3.8) is 0 Å². The average Bonchev–Trinajstić information content (AvgIpc) is 3.45. The summed E-state index contributed by atoms with van der Waals surface area (Å²) in [6.07, 6.45) is 0.873. The molecule has 7 nitrogen and oxygen atoms in total. The van der Waals surface area contributed by atoms with E-state index in [4.69, 9.17) is 14.5 Å². The first-order valence-electron chi connectivity index (χ1n) is 11.5. The number of benzene rings is 3. The molecule has 5 rings (SSSR count). The molecule has 1 atom stereocenters. The summed E-state index contributed by atoms with van der Waals surface area (Å²) < 4.78 is 10.6. The van der Waals surface area contributed by atoms with Gasteiger partial charge in [-0.2, -0.15) is 0 Å². The molecule has 1 amide bonds. The Labute approximate surface area is 204 Å². The van der Waals surface area contributed by atoms with Crippen LogP contribution in [0.2, 0.25) is 0 Å². The minimum atomic E-state index is -0.627. The number of hydrogen-bond donors (Lipinski definition) is 1. The lowest BCUT2D eigenvalue weighted by atomic mass is 9.89. The van der Waals surface area contributed by atoms with Crippen LogP contribution in [0.15, 0.2) is 65.7 Å². The molecule has 2 aliphatic heterocycles. The third kappa shape index (κ3) is 4.55. The van der Waals surface area contributed by atoms with Crippen LogP contribution in [0.5, 0.6) is 5.75 Å². The van der Waals surface area contributed by atoms with Gasteiger partial charge in [0, 0.05) is 24.2 Å². The quantitative estimate of drug-likeness (QED) is 0.430. The second-order valence-electron chi connectivity index (χ2n) is 9.04. The number of carbonyl (C=O) groups is 2. The molecular formula is C28H27N3O4. The number of fused-ring (bicyclic) bond motifs is 2. The fraction of sp³-hybridized carbons (Fsp3) is 0.250. The Morgan fingerprint density at radius 3 is 2.60 bits per heavy atom. The molecule has 1 unspecified atom stereocenters. The van der Waals surface area contributed by atoms with E-state index in [0.717, 1.165) is 41.1 Å². The van der Waals surface area contributed by atoms with Crippen molar-refractivity contribution in [2.45, 2.75) is 18.9 Å². The van der Waals surface area contributed by atoms with Gasteiger partial charge in [-0.15, -0.1) is 0 Å². The Morgan fingerprint density at radius 1 is 1.09 bits per heavy atom. The number of esters is 1. The SMILES string of the molecule is COC(=O)c1ccc2c(c1)NC(=O)C2C(=Nc1ccc(CN(C)C)cc1)c1ccc2c(c1)OCC2. The van der Waals surface area contributed by atoms with E-state index in [9.17, 15) is 9.59 Å². The first kappa shape index (κ1) is 22.8. The second-order valence-corrected chi connectivity index (χ2v) is 9.04. The molecule has 0 radical (unpaired) electrons. The van der Waals surface area contributed by atoms with Gasteiger partial charge < -0.3 is 19.7 Å². The van der Waals surface area contributed by atoms with E-state index in [0.29, 0.717) is 23.6 Å². The Kier molecular flexibility index (Phi) is 6.09. The van der Waals surface area contributed by atoms with Crippen molar-refractivity contribution in [3.05, 3.63) is 88.5 Å². The van der Waals surface area contributed by atoms with E-state index in [2.05, 4.69) is 10.2 Å². The maximum absolute atomic E-state index is 13.3. The Bertz CT molecular complexity index is 1330. The number of aliphatic imine (C=N–C) groups is 1. The number of ether oxygens (including phenoxy) is 2. The summed E-state index contributed by atoms with van der Waals surface area (Å²) in [5.41, 5.74) is 6.30. The van der Waals surface area contributed by atoms with Gasteiger partial charge in [0.25, 0.3) is 0 Å². The molecule has 7 heteroatoms. The summed E-state index contributed by atoms with van der Waals surface area (Å²) in [6, 6.07) is 19.2. The smallest absolute Gasteiger partial charge is 0.337 e. The molecule has 0 spiro atoms. The lowest BCUT2D eigenvalue weighted by molar-refractivity contribution is -0.115. The predicted octanol–water partition coefficient (Wildman–Crippen LogP) is 4.33. The van der Waals surface area contributed by atoms with Crippen molar-refractivity contribution in [2.24, 2.45) is 4.99 Å². The fourth-order valence-corrected chi connectivity index (χ4v) is 4.58. The summed E-state index contributed by atoms with van der Waals surface area (Å²) in [5, 5.41) is 2.92. The van der Waals surface area contributed by atoms with Crippen molar-refractivity contribution >= 4 is 29.0 Å². The van der Waals surface area contributed by atoms with Crippen LogP contribution in [-0.2, 0) is 22.5 Å². The first-order chi connectivity index (χ1) is 16.9. The lowest BCUT2D eigenvalue weighted by Gasteiger charge is -2.15. The summed E-state index contributed by atoms with van der Waals surface area (Å²) >= 11 is 0. The average molecular weight is 470 g/mol. The first-order valence-corrected chi connectivity index (χ1v) is 11.5. The molecule has 0 aliphatic carbocycles. The number of amides is 1. The van der Waals surface area contributed by atoms with Gasteiger partial charge in [0.15, 0.2) is 0 Å². The third-order valence-electron chi connectivity index (χ3n) is 6.26. The summed E-state index contributed by atoms with van der Waals surface area (Å²) in [7, 11) is 5.39. The molecular weight excluding hydrogens is 442 g/mol. The van der Waals surface area contributed by atoms with Gasteiger partial charge in [-0.3, -0.25) is 9.79 Å². The van der Waals surface area contributed by atoms with Crippen LogP contribution in [0.25, 0.3) is 0 Å². The standard InChI is InChI=1S/C28H27N3O4/c1-31(2)16-17-4-9-21(10-5-17)29-26(19-7-6-18-12-13-35-24(18)15-19)25-22-11-8-20(28(33)34-3)14-23(22)30-27(25)32/h4-11,14-15,25H,12-13,16H2,1-3H3,(H,30,32). The zero-order valence-corrected chi connectivity index (χ0v) is 20.0. The van der Waals surface area contributed by atoms with E-state index in [1.807, 2.05) is 56.6 Å². The number of rotatable bonds is 6. The summed E-state index contributed by atoms with van der Waals surface area (Å²) in [5.74, 6) is -0.437. The lowest BCUT2D eigenvalue weighted by Crippen LogP contribution is -2.22. The van der Waals surface area contributed by atoms with Gasteiger partial charge in [0.2, 0.25) is 5.91 Å². The number of methoxy groups -OCH3 is 1. The summed E-state index contributed by atoms with van der Waals surface area (Å²) in [4.78, 5) is 32.3. The maximum atomic E-state index is 13.3. The van der Waals surface area contributed by atoms with Crippen molar-refractivity contribution in [1.82, 2.24) is 4.90 Å². The zero-order chi connectivity index (χ0) is 24.5. The number of nitrogens with zero attached hydrogens (tertiary/aromatic N) is 2. The number of hydrogen-bond acceptors (Lipinski definition) is 6. The Hall–Kier alpha value is -3.97. The van der Waals surface area contributed by atoms with Crippen LogP contribution in [0.1, 0.15) is 38.5 Å². The molecule has 0 bridgehead atoms. The third-order valence-corrected chi connectivity index (χ3v) is 6.26. The highest BCUT2D eigenvalue weighted by molar-refractivity contribution is 6.24. The van der Waals surface area contributed by atoms with Gasteiger partial charge in [-0.1, -0.05) is 30.3 Å². The molecule has 0 aromatic heterocycles. The van der Waals surface area contributed by atoms with Crippen LogP contribution >= 0.6 is 0 Å². The Balaban J connectivity index is 1.59. The molecule has 3 aromatic carbocycles.